The Morgan fingerprint density at radius 3 is 2.63 bits per heavy atom. The number of nitrogens with zero attached hydrogens (tertiary/aromatic N) is 2. The first-order chi connectivity index (χ1) is 9.08. The average Bonchev–Trinajstić information content (AvgIpc) is 2.43. The smallest absolute Gasteiger partial charge is 0.272 e. The highest BCUT2D eigenvalue weighted by Crippen LogP contribution is 2.18. The normalized spacial score (nSPS) is 16.4. The molecule has 1 aromatic rings. The molecule has 0 spiro atoms. The summed E-state index contributed by atoms with van der Waals surface area (Å²) in [5.74, 6) is 5.30. The van der Waals surface area contributed by atoms with Crippen LogP contribution in [0.15, 0.2) is 58.1 Å². The van der Waals surface area contributed by atoms with Gasteiger partial charge in [0.25, 0.3) is 5.91 Å². The molecule has 1 aromatic heterocycles. The van der Waals surface area contributed by atoms with Gasteiger partial charge in [0.15, 0.2) is 5.78 Å². The zero-order valence-electron chi connectivity index (χ0n) is 9.79. The zero-order valence-corrected chi connectivity index (χ0v) is 11.9. The van der Waals surface area contributed by atoms with Gasteiger partial charge in [-0.05, 0) is 58.5 Å². The van der Waals surface area contributed by atoms with Gasteiger partial charge in [0.05, 0.1) is 3.58 Å². The van der Waals surface area contributed by atoms with Crippen molar-refractivity contribution in [2.24, 2.45) is 5.84 Å². The molecule has 0 unspecified atom stereocenters. The van der Waals surface area contributed by atoms with Gasteiger partial charge in [0.2, 0.25) is 0 Å². The Morgan fingerprint density at radius 2 is 2.00 bits per heavy atom. The van der Waals surface area contributed by atoms with Gasteiger partial charge in [-0.1, -0.05) is 0 Å². The molecule has 0 saturated carbocycles. The Morgan fingerprint density at radius 1 is 1.32 bits per heavy atom. The summed E-state index contributed by atoms with van der Waals surface area (Å²) >= 11 is 1.94. The maximum absolute atomic E-state index is 12.0. The number of pyridine rings is 1. The molecule has 1 amide bonds. The maximum Gasteiger partial charge on any atom is 0.272 e. The molecule has 6 heteroatoms. The minimum absolute atomic E-state index is 0.0539. The highest BCUT2D eigenvalue weighted by Gasteiger charge is 2.12. The van der Waals surface area contributed by atoms with Crippen molar-refractivity contribution in [2.45, 2.75) is 0 Å². The zero-order chi connectivity index (χ0) is 13.8. The van der Waals surface area contributed by atoms with E-state index in [4.69, 9.17) is 5.84 Å². The minimum atomic E-state index is -0.344. The third kappa shape index (κ3) is 3.36. The van der Waals surface area contributed by atoms with E-state index in [9.17, 15) is 9.59 Å². The lowest BCUT2D eigenvalue weighted by molar-refractivity contribution is -0.110. The fourth-order valence-corrected chi connectivity index (χ4v) is 2.00. The highest BCUT2D eigenvalue weighted by atomic mass is 127. The number of rotatable bonds is 2. The number of ketones is 1. The van der Waals surface area contributed by atoms with E-state index in [1.807, 2.05) is 22.6 Å². The van der Waals surface area contributed by atoms with Crippen molar-refractivity contribution in [3.05, 3.63) is 63.7 Å². The van der Waals surface area contributed by atoms with Crippen LogP contribution in [0.1, 0.15) is 10.4 Å². The summed E-state index contributed by atoms with van der Waals surface area (Å²) in [5.41, 5.74) is 1.14. The number of hydrogen-bond donors (Lipinski definition) is 1. The quantitative estimate of drug-likeness (QED) is 0.374. The standard InChI is InChI=1S/C13H10IN3O2/c14-11-7-9(1-2-12(11)18)8-17(15)13(19)10-3-5-16-6-4-10/h1-8H,15H2. The van der Waals surface area contributed by atoms with Gasteiger partial charge < -0.3 is 0 Å². The summed E-state index contributed by atoms with van der Waals surface area (Å²) < 4.78 is 0.580. The molecule has 1 aliphatic rings. The summed E-state index contributed by atoms with van der Waals surface area (Å²) in [4.78, 5) is 27.1. The lowest BCUT2D eigenvalue weighted by atomic mass is 10.1. The van der Waals surface area contributed by atoms with Gasteiger partial charge in [0, 0.05) is 24.2 Å². The van der Waals surface area contributed by atoms with Crippen LogP contribution in [0.5, 0.6) is 0 Å². The number of nitrogens with two attached hydrogens (primary N) is 1. The molecule has 5 nitrogen and oxygen atoms in total. The first-order valence-electron chi connectivity index (χ1n) is 5.37. The summed E-state index contributed by atoms with van der Waals surface area (Å²) in [5, 5.41) is 0.991. The predicted molar refractivity (Wildman–Crippen MR) is 78.9 cm³/mol. The summed E-state index contributed by atoms with van der Waals surface area (Å²) in [7, 11) is 0. The average molecular weight is 367 g/mol. The molecule has 0 aromatic carbocycles. The van der Waals surface area contributed by atoms with Crippen molar-refractivity contribution < 1.29 is 9.59 Å². The summed E-state index contributed by atoms with van der Waals surface area (Å²) in [6.07, 6.45) is 9.25. The van der Waals surface area contributed by atoms with E-state index in [-0.39, 0.29) is 11.7 Å². The molecular formula is C13H10IN3O2. The fourth-order valence-electron chi connectivity index (χ4n) is 1.46. The Hall–Kier alpha value is -1.80. The molecule has 0 fully saturated rings. The molecule has 1 heterocycles. The van der Waals surface area contributed by atoms with Crippen LogP contribution in [0.25, 0.3) is 0 Å². The molecular weight excluding hydrogens is 357 g/mol. The van der Waals surface area contributed by atoms with Gasteiger partial charge in [-0.25, -0.2) is 5.84 Å². The molecule has 19 heavy (non-hydrogen) atoms. The Kier molecular flexibility index (Phi) is 4.23. The van der Waals surface area contributed by atoms with E-state index in [1.54, 1.807) is 24.3 Å². The lowest BCUT2D eigenvalue weighted by Crippen LogP contribution is -2.32. The Bertz CT molecular complexity index is 606. The van der Waals surface area contributed by atoms with Crippen LogP contribution in [0.3, 0.4) is 0 Å². The largest absolute Gasteiger partial charge is 0.289 e. The number of halogens is 1. The number of carbonyl (C=O) groups excluding carboxylic acids is 2. The molecule has 2 rings (SSSR count). The van der Waals surface area contributed by atoms with Crippen molar-refractivity contribution in [1.82, 2.24) is 9.99 Å². The highest BCUT2D eigenvalue weighted by molar-refractivity contribution is 14.1. The molecule has 0 radical (unpaired) electrons. The number of hydrogen-bond acceptors (Lipinski definition) is 4. The molecule has 96 valence electrons. The van der Waals surface area contributed by atoms with Crippen LogP contribution in [0.4, 0.5) is 0 Å². The van der Waals surface area contributed by atoms with Gasteiger partial charge in [0.1, 0.15) is 0 Å². The number of hydrazine groups is 1. The van der Waals surface area contributed by atoms with E-state index >= 15 is 0 Å². The SMILES string of the molecule is NN(C=C1C=CC(=O)C(I)=C1)C(=O)c1ccncc1. The van der Waals surface area contributed by atoms with Crippen LogP contribution >= 0.6 is 22.6 Å². The second kappa shape index (κ2) is 5.89. The van der Waals surface area contributed by atoms with Gasteiger partial charge in [-0.15, -0.1) is 0 Å². The number of amides is 1. The van der Waals surface area contributed by atoms with Gasteiger partial charge >= 0.3 is 0 Å². The molecule has 0 saturated heterocycles. The predicted octanol–water partition coefficient (Wildman–Crippen LogP) is 1.74. The van der Waals surface area contributed by atoms with Crippen LogP contribution < -0.4 is 5.84 Å². The van der Waals surface area contributed by atoms with E-state index in [0.29, 0.717) is 14.7 Å². The van der Waals surface area contributed by atoms with Crippen LogP contribution in [-0.4, -0.2) is 21.7 Å². The van der Waals surface area contributed by atoms with Crippen molar-refractivity contribution in [3.63, 3.8) is 0 Å². The van der Waals surface area contributed by atoms with E-state index in [2.05, 4.69) is 4.98 Å². The molecule has 0 atom stereocenters. The molecule has 2 N–H and O–H groups in total. The monoisotopic (exact) mass is 367 g/mol. The second-order valence-corrected chi connectivity index (χ2v) is 4.93. The minimum Gasteiger partial charge on any atom is -0.289 e. The van der Waals surface area contributed by atoms with Crippen LogP contribution in [0.2, 0.25) is 0 Å². The van der Waals surface area contributed by atoms with Crippen molar-refractivity contribution in [3.8, 4) is 0 Å². The maximum atomic E-state index is 12.0. The second-order valence-electron chi connectivity index (χ2n) is 3.77. The first-order valence-corrected chi connectivity index (χ1v) is 6.45. The number of aromatic nitrogens is 1. The third-order valence-corrected chi connectivity index (χ3v) is 3.25. The van der Waals surface area contributed by atoms with E-state index < -0.39 is 0 Å². The first kappa shape index (κ1) is 13.6. The van der Waals surface area contributed by atoms with Crippen LogP contribution in [0, 0.1) is 0 Å². The number of carbonyl (C=O) groups is 2. The molecule has 0 aliphatic heterocycles. The lowest BCUT2D eigenvalue weighted by Gasteiger charge is -2.13. The van der Waals surface area contributed by atoms with Gasteiger partial charge in [-0.3, -0.25) is 19.6 Å². The van der Waals surface area contributed by atoms with Crippen LogP contribution in [-0.2, 0) is 4.79 Å². The Labute approximate surface area is 123 Å². The Balaban J connectivity index is 2.18. The van der Waals surface area contributed by atoms with Crippen molar-refractivity contribution in [1.29, 1.82) is 0 Å². The van der Waals surface area contributed by atoms with Crippen molar-refractivity contribution >= 4 is 34.3 Å². The topological polar surface area (TPSA) is 76.3 Å². The van der Waals surface area contributed by atoms with Crippen molar-refractivity contribution in [2.75, 3.05) is 0 Å². The summed E-state index contributed by atoms with van der Waals surface area (Å²) in [6.45, 7) is 0. The molecule has 1 aliphatic carbocycles. The summed E-state index contributed by atoms with van der Waals surface area (Å²) in [6, 6.07) is 3.17. The molecule has 0 bridgehead atoms. The number of allylic oxidation sites excluding steroid dienone is 5. The van der Waals surface area contributed by atoms with Gasteiger partial charge in [-0.2, -0.15) is 0 Å². The fraction of sp³-hybridized carbons (Fsp3) is 0. The van der Waals surface area contributed by atoms with E-state index in [0.717, 1.165) is 5.01 Å². The third-order valence-electron chi connectivity index (χ3n) is 2.41. The van der Waals surface area contributed by atoms with E-state index in [1.165, 1.54) is 24.7 Å².